The first kappa shape index (κ1) is 12.1. The summed E-state index contributed by atoms with van der Waals surface area (Å²) in [5, 5.41) is 0. The molecule has 0 aliphatic carbocycles. The molecule has 0 amide bonds. The van der Waals surface area contributed by atoms with Crippen LogP contribution in [0.1, 0.15) is 30.1 Å². The first-order chi connectivity index (χ1) is 7.31. The maximum Gasteiger partial charge on any atom is 0.153 e. The molecule has 0 saturated heterocycles. The molecule has 1 aromatic carbocycles. The Balaban J connectivity index is 2.70. The molecule has 0 atom stereocenters. The van der Waals surface area contributed by atoms with Crippen molar-refractivity contribution in [3.63, 3.8) is 0 Å². The standard InChI is InChI=1S/C12H16O2S/c1-3-4-7-15-11-5-6-12(14-2)10(8-11)9-13/h5-6,8-9H,3-4,7H2,1-2H3. The van der Waals surface area contributed by atoms with Crippen LogP contribution in [0.25, 0.3) is 0 Å². The summed E-state index contributed by atoms with van der Waals surface area (Å²) in [6.45, 7) is 2.17. The van der Waals surface area contributed by atoms with Crippen LogP contribution in [-0.4, -0.2) is 19.1 Å². The Morgan fingerprint density at radius 1 is 1.47 bits per heavy atom. The zero-order chi connectivity index (χ0) is 11.1. The molecule has 0 fully saturated rings. The first-order valence-electron chi connectivity index (χ1n) is 5.07. The summed E-state index contributed by atoms with van der Waals surface area (Å²) in [5.41, 5.74) is 0.624. The van der Waals surface area contributed by atoms with Crippen LogP contribution in [0.4, 0.5) is 0 Å². The lowest BCUT2D eigenvalue weighted by atomic mass is 10.2. The zero-order valence-corrected chi connectivity index (χ0v) is 9.97. The van der Waals surface area contributed by atoms with Crippen molar-refractivity contribution >= 4 is 18.0 Å². The molecule has 82 valence electrons. The van der Waals surface area contributed by atoms with Crippen molar-refractivity contribution in [2.45, 2.75) is 24.7 Å². The summed E-state index contributed by atoms with van der Waals surface area (Å²) in [5.74, 6) is 1.74. The van der Waals surface area contributed by atoms with E-state index in [1.165, 1.54) is 12.8 Å². The van der Waals surface area contributed by atoms with E-state index in [2.05, 4.69) is 6.92 Å². The predicted molar refractivity (Wildman–Crippen MR) is 64.0 cm³/mol. The fourth-order valence-corrected chi connectivity index (χ4v) is 2.27. The SMILES string of the molecule is CCCCSc1ccc(OC)c(C=O)c1. The Morgan fingerprint density at radius 2 is 2.27 bits per heavy atom. The molecule has 15 heavy (non-hydrogen) atoms. The van der Waals surface area contributed by atoms with E-state index >= 15 is 0 Å². The normalized spacial score (nSPS) is 10.0. The highest BCUT2D eigenvalue weighted by Gasteiger charge is 2.03. The minimum atomic E-state index is 0.624. The molecule has 0 unspecified atom stereocenters. The molecule has 3 heteroatoms. The van der Waals surface area contributed by atoms with E-state index in [1.807, 2.05) is 18.2 Å². The molecule has 0 aliphatic rings. The third-order valence-corrected chi connectivity index (χ3v) is 3.17. The van der Waals surface area contributed by atoms with Gasteiger partial charge in [0.1, 0.15) is 5.75 Å². The number of aldehydes is 1. The van der Waals surface area contributed by atoms with Gasteiger partial charge < -0.3 is 4.74 Å². The van der Waals surface area contributed by atoms with Crippen LogP contribution in [-0.2, 0) is 0 Å². The largest absolute Gasteiger partial charge is 0.496 e. The smallest absolute Gasteiger partial charge is 0.153 e. The van der Waals surface area contributed by atoms with E-state index in [0.717, 1.165) is 16.9 Å². The number of hydrogen-bond acceptors (Lipinski definition) is 3. The van der Waals surface area contributed by atoms with Gasteiger partial charge in [0.25, 0.3) is 0 Å². The number of rotatable bonds is 6. The van der Waals surface area contributed by atoms with Crippen LogP contribution in [0.5, 0.6) is 5.75 Å². The Bertz CT molecular complexity index is 323. The van der Waals surface area contributed by atoms with Crippen LogP contribution < -0.4 is 4.74 Å². The molecule has 0 aliphatic heterocycles. The fraction of sp³-hybridized carbons (Fsp3) is 0.417. The van der Waals surface area contributed by atoms with Crippen molar-refractivity contribution in [1.29, 1.82) is 0 Å². The second kappa shape index (κ2) is 6.51. The predicted octanol–water partition coefficient (Wildman–Crippen LogP) is 3.40. The monoisotopic (exact) mass is 224 g/mol. The van der Waals surface area contributed by atoms with Crippen LogP contribution in [0, 0.1) is 0 Å². The summed E-state index contributed by atoms with van der Waals surface area (Å²) in [4.78, 5) is 11.9. The number of benzene rings is 1. The second-order valence-corrected chi connectivity index (χ2v) is 4.39. The van der Waals surface area contributed by atoms with Gasteiger partial charge in [-0.3, -0.25) is 4.79 Å². The van der Waals surface area contributed by atoms with Crippen molar-refractivity contribution in [2.75, 3.05) is 12.9 Å². The maximum atomic E-state index is 10.8. The molecule has 0 heterocycles. The first-order valence-corrected chi connectivity index (χ1v) is 6.06. The lowest BCUT2D eigenvalue weighted by Gasteiger charge is -2.05. The van der Waals surface area contributed by atoms with Crippen molar-refractivity contribution < 1.29 is 9.53 Å². The molecule has 0 saturated carbocycles. The van der Waals surface area contributed by atoms with Crippen LogP contribution in [0.2, 0.25) is 0 Å². The van der Waals surface area contributed by atoms with Gasteiger partial charge in [0.05, 0.1) is 12.7 Å². The quantitative estimate of drug-likeness (QED) is 0.421. The molecular weight excluding hydrogens is 208 g/mol. The number of methoxy groups -OCH3 is 1. The van der Waals surface area contributed by atoms with Crippen molar-refractivity contribution in [1.82, 2.24) is 0 Å². The molecule has 0 N–H and O–H groups in total. The third-order valence-electron chi connectivity index (χ3n) is 2.09. The molecule has 0 spiro atoms. The molecule has 1 aromatic rings. The lowest BCUT2D eigenvalue weighted by Crippen LogP contribution is -1.90. The van der Waals surface area contributed by atoms with Gasteiger partial charge in [0.15, 0.2) is 6.29 Å². The van der Waals surface area contributed by atoms with Crippen molar-refractivity contribution in [3.8, 4) is 5.75 Å². The fourth-order valence-electron chi connectivity index (χ4n) is 1.23. The number of unbranched alkanes of at least 4 members (excludes halogenated alkanes) is 1. The highest BCUT2D eigenvalue weighted by molar-refractivity contribution is 7.99. The Morgan fingerprint density at radius 3 is 2.87 bits per heavy atom. The van der Waals surface area contributed by atoms with Gasteiger partial charge in [-0.25, -0.2) is 0 Å². The van der Waals surface area contributed by atoms with Crippen LogP contribution >= 0.6 is 11.8 Å². The molecular formula is C12H16O2S. The highest BCUT2D eigenvalue weighted by atomic mass is 32.2. The summed E-state index contributed by atoms with van der Waals surface area (Å²) < 4.78 is 5.08. The third kappa shape index (κ3) is 3.59. The summed E-state index contributed by atoms with van der Waals surface area (Å²) in [6.07, 6.45) is 3.24. The van der Waals surface area contributed by atoms with Gasteiger partial charge in [-0.05, 0) is 30.4 Å². The van der Waals surface area contributed by atoms with Gasteiger partial charge >= 0.3 is 0 Å². The van der Waals surface area contributed by atoms with Gasteiger partial charge in [-0.2, -0.15) is 0 Å². The van der Waals surface area contributed by atoms with Gasteiger partial charge in [0, 0.05) is 4.90 Å². The number of hydrogen-bond donors (Lipinski definition) is 0. The van der Waals surface area contributed by atoms with Crippen molar-refractivity contribution in [3.05, 3.63) is 23.8 Å². The molecule has 1 rings (SSSR count). The van der Waals surface area contributed by atoms with Crippen LogP contribution in [0.3, 0.4) is 0 Å². The maximum absolute atomic E-state index is 10.8. The minimum Gasteiger partial charge on any atom is -0.496 e. The zero-order valence-electron chi connectivity index (χ0n) is 9.16. The van der Waals surface area contributed by atoms with E-state index in [4.69, 9.17) is 4.74 Å². The van der Waals surface area contributed by atoms with E-state index in [0.29, 0.717) is 11.3 Å². The molecule has 2 nitrogen and oxygen atoms in total. The second-order valence-electron chi connectivity index (χ2n) is 3.22. The van der Waals surface area contributed by atoms with Gasteiger partial charge in [0.2, 0.25) is 0 Å². The van der Waals surface area contributed by atoms with Crippen molar-refractivity contribution in [2.24, 2.45) is 0 Å². The van der Waals surface area contributed by atoms with Gasteiger partial charge in [-0.1, -0.05) is 13.3 Å². The Kier molecular flexibility index (Phi) is 5.26. The number of thioether (sulfide) groups is 1. The van der Waals surface area contributed by atoms with Gasteiger partial charge in [-0.15, -0.1) is 11.8 Å². The number of carbonyl (C=O) groups excluding carboxylic acids is 1. The molecule has 0 bridgehead atoms. The van der Waals surface area contributed by atoms with E-state index in [9.17, 15) is 4.79 Å². The summed E-state index contributed by atoms with van der Waals surface area (Å²) >= 11 is 1.78. The average Bonchev–Trinajstić information content (AvgIpc) is 2.29. The van der Waals surface area contributed by atoms with E-state index < -0.39 is 0 Å². The Hall–Kier alpha value is -0.960. The summed E-state index contributed by atoms with van der Waals surface area (Å²) in [6, 6.07) is 5.72. The average molecular weight is 224 g/mol. The highest BCUT2D eigenvalue weighted by Crippen LogP contribution is 2.25. The van der Waals surface area contributed by atoms with E-state index in [1.54, 1.807) is 18.9 Å². The Labute approximate surface area is 95.0 Å². The lowest BCUT2D eigenvalue weighted by molar-refractivity contribution is 0.112. The minimum absolute atomic E-state index is 0.624. The summed E-state index contributed by atoms with van der Waals surface area (Å²) in [7, 11) is 1.58. The van der Waals surface area contributed by atoms with Crippen LogP contribution in [0.15, 0.2) is 23.1 Å². The topological polar surface area (TPSA) is 26.3 Å². The number of ether oxygens (including phenoxy) is 1. The van der Waals surface area contributed by atoms with E-state index in [-0.39, 0.29) is 0 Å². The molecule has 0 radical (unpaired) electrons. The molecule has 0 aromatic heterocycles. The number of carbonyl (C=O) groups is 1.